The van der Waals surface area contributed by atoms with Crippen LogP contribution in [0.5, 0.6) is 0 Å². The number of aromatic nitrogens is 4. The first-order valence-corrected chi connectivity index (χ1v) is 25.9. The standard InChI is InChI=1S/C46H27FN3O.C14H16NSi.Ir/c47-32-27-25-31(26-28-32)42-36-18-8-7-17-35(36)41-37-21-12-22-38(44(37)51-46(41)49-42)45-48-39-23-9-10-24-40(39)50(45)43-33(29-13-3-1-4-14-29)19-11-20-34(43)30-15-5-2-6-16-30;1-16(2,3)13-9-10-14(15-11-13)12-7-5-4-6-8-12;/h1-21,23-28H;4-7,9-11H,1-3H3;/q2*-1;. The van der Waals surface area contributed by atoms with Gasteiger partial charge in [0.05, 0.1) is 41.9 Å². The molecule has 331 valence electrons. The molecule has 4 aromatic heterocycles. The number of rotatable bonds is 7. The van der Waals surface area contributed by atoms with Gasteiger partial charge in [-0.1, -0.05) is 158 Å². The SMILES string of the molecule is C[Si](C)(C)c1ccc(-c2[c-]cccc2)nc1.Fc1ccc(-c2nc3oc4c(-c5nc6ccccc6n5-c5c(-c6ccccc6)cccc5-c5ccccc5)[c-]ccc4c3c3ccccc23)cc1.[Ir]. The summed E-state index contributed by atoms with van der Waals surface area (Å²) in [5, 5.41) is 5.20. The molecule has 12 rings (SSSR count). The van der Waals surface area contributed by atoms with Gasteiger partial charge in [-0.25, -0.2) is 9.37 Å². The first-order valence-electron chi connectivity index (χ1n) is 22.4. The van der Waals surface area contributed by atoms with E-state index >= 15 is 0 Å². The van der Waals surface area contributed by atoms with Crippen LogP contribution in [-0.4, -0.2) is 27.6 Å². The summed E-state index contributed by atoms with van der Waals surface area (Å²) in [6, 6.07) is 73.2. The number of pyridine rings is 2. The number of furan rings is 1. The molecule has 0 bridgehead atoms. The Morgan fingerprint density at radius 1 is 0.559 bits per heavy atom. The Kier molecular flexibility index (Phi) is 12.1. The van der Waals surface area contributed by atoms with Gasteiger partial charge in [-0.05, 0) is 63.8 Å². The van der Waals surface area contributed by atoms with Crippen molar-refractivity contribution in [3.05, 3.63) is 224 Å². The summed E-state index contributed by atoms with van der Waals surface area (Å²) in [4.78, 5) is 14.9. The summed E-state index contributed by atoms with van der Waals surface area (Å²) in [6.07, 6.45) is 2.02. The smallest absolute Gasteiger partial charge is 0.217 e. The zero-order chi connectivity index (χ0) is 45.5. The number of hydrogen-bond donors (Lipinski definition) is 0. The Balaban J connectivity index is 0.000000270. The maximum absolute atomic E-state index is 13.9. The second kappa shape index (κ2) is 18.6. The molecule has 0 saturated carbocycles. The molecular weight excluding hydrogens is 1030 g/mol. The maximum atomic E-state index is 13.9. The Hall–Kier alpha value is -7.61. The minimum Gasteiger partial charge on any atom is -0.486 e. The van der Waals surface area contributed by atoms with Gasteiger partial charge < -0.3 is 14.0 Å². The van der Waals surface area contributed by atoms with E-state index in [2.05, 4.69) is 144 Å². The van der Waals surface area contributed by atoms with Crippen molar-refractivity contribution in [1.29, 1.82) is 0 Å². The van der Waals surface area contributed by atoms with Gasteiger partial charge in [0.1, 0.15) is 5.82 Å². The van der Waals surface area contributed by atoms with Gasteiger partial charge in [0.15, 0.2) is 0 Å². The topological polar surface area (TPSA) is 56.7 Å². The van der Waals surface area contributed by atoms with Crippen LogP contribution in [0.1, 0.15) is 0 Å². The average molecular weight is 1080 g/mol. The van der Waals surface area contributed by atoms with Crippen molar-refractivity contribution in [2.24, 2.45) is 0 Å². The number of fused-ring (bicyclic) bond motifs is 6. The molecule has 8 aromatic carbocycles. The number of hydrogen-bond acceptors (Lipinski definition) is 4. The van der Waals surface area contributed by atoms with Gasteiger partial charge in [-0.15, -0.1) is 54.1 Å². The first kappa shape index (κ1) is 44.2. The largest absolute Gasteiger partial charge is 0.486 e. The fourth-order valence-corrected chi connectivity index (χ4v) is 9.94. The predicted octanol–water partition coefficient (Wildman–Crippen LogP) is 15.2. The third-order valence-corrected chi connectivity index (χ3v) is 14.3. The van der Waals surface area contributed by atoms with Crippen LogP contribution in [0.2, 0.25) is 19.6 Å². The third-order valence-electron chi connectivity index (χ3n) is 12.2. The quantitative estimate of drug-likeness (QED) is 0.118. The van der Waals surface area contributed by atoms with Crippen molar-refractivity contribution in [2.75, 3.05) is 0 Å². The summed E-state index contributed by atoms with van der Waals surface area (Å²) in [5.74, 6) is 0.421. The fourth-order valence-electron chi connectivity index (χ4n) is 8.91. The van der Waals surface area contributed by atoms with Crippen molar-refractivity contribution in [2.45, 2.75) is 19.6 Å². The summed E-state index contributed by atoms with van der Waals surface area (Å²) < 4.78 is 23.0. The van der Waals surface area contributed by atoms with E-state index in [1.807, 2.05) is 79.0 Å². The first-order chi connectivity index (χ1) is 32.8. The van der Waals surface area contributed by atoms with Crippen LogP contribution in [-0.2, 0) is 20.1 Å². The number of benzene rings is 8. The second-order valence-electron chi connectivity index (χ2n) is 17.5. The summed E-state index contributed by atoms with van der Waals surface area (Å²) in [5.41, 5.74) is 12.7. The average Bonchev–Trinajstić information content (AvgIpc) is 3.96. The molecule has 1 radical (unpaired) electrons. The normalized spacial score (nSPS) is 11.4. The summed E-state index contributed by atoms with van der Waals surface area (Å²) in [6.45, 7) is 7.00. The molecule has 0 fully saturated rings. The van der Waals surface area contributed by atoms with Gasteiger partial charge in [0.25, 0.3) is 0 Å². The molecule has 0 unspecified atom stereocenters. The molecule has 68 heavy (non-hydrogen) atoms. The van der Waals surface area contributed by atoms with E-state index in [1.54, 1.807) is 12.1 Å². The number of halogens is 1. The van der Waals surface area contributed by atoms with Crippen LogP contribution in [0.3, 0.4) is 0 Å². The zero-order valence-electron chi connectivity index (χ0n) is 37.5. The van der Waals surface area contributed by atoms with Crippen LogP contribution < -0.4 is 5.19 Å². The molecule has 0 N–H and O–H groups in total. The van der Waals surface area contributed by atoms with Gasteiger partial charge in [0.2, 0.25) is 5.71 Å². The minimum absolute atomic E-state index is 0. The van der Waals surface area contributed by atoms with Crippen LogP contribution in [0, 0.1) is 17.9 Å². The van der Waals surface area contributed by atoms with Gasteiger partial charge in [-0.3, -0.25) is 4.98 Å². The summed E-state index contributed by atoms with van der Waals surface area (Å²) >= 11 is 0. The zero-order valence-corrected chi connectivity index (χ0v) is 40.9. The van der Waals surface area contributed by atoms with Gasteiger partial charge >= 0.3 is 0 Å². The predicted molar refractivity (Wildman–Crippen MR) is 276 cm³/mol. The number of nitrogens with zero attached hydrogens (tertiary/aromatic N) is 4. The van der Waals surface area contributed by atoms with Gasteiger partial charge in [-0.2, -0.15) is 0 Å². The number of para-hydroxylation sites is 3. The molecule has 0 aliphatic carbocycles. The van der Waals surface area contributed by atoms with Gasteiger partial charge in [0, 0.05) is 53.8 Å². The van der Waals surface area contributed by atoms with E-state index in [4.69, 9.17) is 14.4 Å². The Morgan fingerprint density at radius 3 is 1.88 bits per heavy atom. The molecule has 0 spiro atoms. The molecule has 0 atom stereocenters. The Labute approximate surface area is 409 Å². The van der Waals surface area contributed by atoms with E-state index in [9.17, 15) is 4.39 Å². The Morgan fingerprint density at radius 2 is 1.22 bits per heavy atom. The van der Waals surface area contributed by atoms with Crippen molar-refractivity contribution in [1.82, 2.24) is 19.5 Å². The third kappa shape index (κ3) is 8.28. The molecule has 0 saturated heterocycles. The molecule has 8 heteroatoms. The molecule has 0 aliphatic rings. The molecule has 0 aliphatic heterocycles. The maximum Gasteiger partial charge on any atom is 0.217 e. The summed E-state index contributed by atoms with van der Waals surface area (Å²) in [7, 11) is -1.23. The van der Waals surface area contributed by atoms with E-state index in [1.165, 1.54) is 17.3 Å². The van der Waals surface area contributed by atoms with Crippen molar-refractivity contribution < 1.29 is 28.9 Å². The molecular formula is C60H43FIrN4OSi-2. The van der Waals surface area contributed by atoms with Crippen molar-refractivity contribution >= 4 is 57.1 Å². The Bertz CT molecular complexity index is 3660. The molecule has 0 amide bonds. The van der Waals surface area contributed by atoms with Crippen molar-refractivity contribution in [3.8, 4) is 61.8 Å². The van der Waals surface area contributed by atoms with E-state index in [0.29, 0.717) is 17.1 Å². The van der Waals surface area contributed by atoms with Crippen LogP contribution in [0.15, 0.2) is 211 Å². The van der Waals surface area contributed by atoms with E-state index in [0.717, 1.165) is 88.6 Å². The molecule has 5 nitrogen and oxygen atoms in total. The van der Waals surface area contributed by atoms with E-state index < -0.39 is 8.07 Å². The van der Waals surface area contributed by atoms with Crippen LogP contribution >= 0.6 is 0 Å². The van der Waals surface area contributed by atoms with Crippen LogP contribution in [0.25, 0.3) is 106 Å². The monoisotopic (exact) mass is 1080 g/mol. The minimum atomic E-state index is -1.23. The molecule has 4 heterocycles. The fraction of sp³-hybridized carbons (Fsp3) is 0.0500. The number of imidazole rings is 1. The van der Waals surface area contributed by atoms with E-state index in [-0.39, 0.29) is 25.9 Å². The molecule has 12 aromatic rings. The second-order valence-corrected chi connectivity index (χ2v) is 22.6. The van der Waals surface area contributed by atoms with Crippen LogP contribution in [0.4, 0.5) is 4.39 Å². The van der Waals surface area contributed by atoms with Crippen molar-refractivity contribution in [3.63, 3.8) is 0 Å².